The van der Waals surface area contributed by atoms with Crippen molar-refractivity contribution < 1.29 is 24.3 Å². The largest absolute Gasteiger partial charge is 0.457 e. The Balaban J connectivity index is 1.49. The molecule has 1 amide bonds. The number of fused-ring (bicyclic) bond motifs is 1. The van der Waals surface area contributed by atoms with E-state index in [2.05, 4.69) is 10.3 Å². The fourth-order valence-corrected chi connectivity index (χ4v) is 4.98. The van der Waals surface area contributed by atoms with Crippen molar-refractivity contribution in [2.75, 3.05) is 18.5 Å². The maximum Gasteiger partial charge on any atom is 0.338 e. The van der Waals surface area contributed by atoms with Gasteiger partial charge in [-0.3, -0.25) is 9.78 Å². The van der Waals surface area contributed by atoms with Crippen molar-refractivity contribution in [2.45, 2.75) is 13.0 Å². The van der Waals surface area contributed by atoms with Crippen LogP contribution in [0.25, 0.3) is 10.1 Å². The average Bonchev–Trinajstić information content (AvgIpc) is 3.30. The molecule has 0 radical (unpaired) electrons. The Morgan fingerprint density at radius 2 is 2.08 bits per heavy atom. The van der Waals surface area contributed by atoms with Gasteiger partial charge in [-0.15, -0.1) is 21.5 Å². The van der Waals surface area contributed by atoms with Crippen molar-refractivity contribution >= 4 is 38.3 Å². The number of hydrogen-bond donors (Lipinski definition) is 2. The summed E-state index contributed by atoms with van der Waals surface area (Å²) in [5, 5.41) is 14.5. The van der Waals surface area contributed by atoms with Crippen LogP contribution in [0, 0.1) is 21.4 Å². The maximum absolute atomic E-state index is 13.3. The van der Waals surface area contributed by atoms with Crippen LogP contribution in [0.15, 0.2) is 78.7 Å². The minimum Gasteiger partial charge on any atom is -0.457 e. The number of hydrogen-bond acceptors (Lipinski definition) is 9. The van der Waals surface area contributed by atoms with Gasteiger partial charge in [0.05, 0.1) is 21.2 Å². The summed E-state index contributed by atoms with van der Waals surface area (Å²) in [6, 6.07) is 12.9. The third-order valence-corrected chi connectivity index (χ3v) is 7.00. The lowest BCUT2D eigenvalue weighted by atomic mass is 9.70. The molecule has 0 saturated carbocycles. The van der Waals surface area contributed by atoms with E-state index in [4.69, 9.17) is 15.3 Å². The van der Waals surface area contributed by atoms with Gasteiger partial charge in [0.2, 0.25) is 5.91 Å². The molecule has 0 aliphatic heterocycles. The third-order valence-electron chi connectivity index (χ3n) is 6.00. The molecule has 1 aliphatic carbocycles. The molecule has 1 unspecified atom stereocenters. The van der Waals surface area contributed by atoms with Crippen LogP contribution in [0.2, 0.25) is 0 Å². The highest BCUT2D eigenvalue weighted by atomic mass is 32.1. The number of nitrogens with two attached hydrogens (primary N) is 1. The lowest BCUT2D eigenvalue weighted by Crippen LogP contribution is -2.46. The molecule has 4 rings (SSSR count). The molecule has 0 saturated heterocycles. The van der Waals surface area contributed by atoms with E-state index in [1.54, 1.807) is 24.5 Å². The van der Waals surface area contributed by atoms with Crippen molar-refractivity contribution in [3.05, 3.63) is 94.3 Å². The molecule has 36 heavy (non-hydrogen) atoms. The van der Waals surface area contributed by atoms with Crippen LogP contribution < -0.4 is 11.1 Å². The highest BCUT2D eigenvalue weighted by molar-refractivity contribution is 7.22. The van der Waals surface area contributed by atoms with Crippen molar-refractivity contribution in [1.29, 1.82) is 0 Å². The number of pyridine rings is 1. The van der Waals surface area contributed by atoms with E-state index in [0.717, 1.165) is 15.6 Å². The summed E-state index contributed by atoms with van der Waals surface area (Å²) in [6.07, 6.45) is 8.17. The number of ether oxygens (including phenoxy) is 1. The summed E-state index contributed by atoms with van der Waals surface area (Å²) in [4.78, 5) is 45.6. The third kappa shape index (κ3) is 5.75. The molecule has 0 bridgehead atoms. The zero-order chi connectivity index (χ0) is 25.5. The highest BCUT2D eigenvalue weighted by Crippen LogP contribution is 2.39. The second kappa shape index (κ2) is 11.1. The number of aromatic nitrogens is 1. The lowest BCUT2D eigenvalue weighted by molar-refractivity contribution is -0.760. The van der Waals surface area contributed by atoms with Crippen LogP contribution >= 0.6 is 11.3 Å². The monoisotopic (exact) mass is 508 g/mol. The van der Waals surface area contributed by atoms with Gasteiger partial charge >= 0.3 is 5.97 Å². The molecule has 2 atom stereocenters. The number of allylic oxidation sites excluding steroid dienone is 1. The number of carbonyl (C=O) groups excluding carboxylic acids is 2. The standard InChI is InChI=1S/C25H24N4O6S/c26-13-20(23(30)28-22-12-19-8-11-27-14-21(19)36-22)25(16-35-29(32)33)9-6-18(7-10-25)24(31)34-15-17-4-2-1-3-5-17/h1-9,11-12,14,20H,10,13,15-16,26H2,(H,28,30)/t20?,25-/m0/s1. The minimum atomic E-state index is -1.13. The SMILES string of the molecule is NCC(C(=O)Nc1cc2ccncc2s1)[C@@]1(CO[N+](=O)[O-])C=CC(C(=O)OCc2ccccc2)=CC1. The summed E-state index contributed by atoms with van der Waals surface area (Å²) in [6.45, 7) is -0.380. The quantitative estimate of drug-likeness (QED) is 0.240. The van der Waals surface area contributed by atoms with Gasteiger partial charge in [0.15, 0.2) is 0 Å². The Labute approximate surface area is 210 Å². The number of benzene rings is 1. The van der Waals surface area contributed by atoms with Crippen LogP contribution in [-0.4, -0.2) is 35.1 Å². The molecule has 2 aromatic heterocycles. The molecule has 3 aromatic rings. The summed E-state index contributed by atoms with van der Waals surface area (Å²) in [5.74, 6) is -1.81. The summed E-state index contributed by atoms with van der Waals surface area (Å²) in [5.41, 5.74) is 5.99. The van der Waals surface area contributed by atoms with Crippen molar-refractivity contribution in [3.8, 4) is 0 Å². The van der Waals surface area contributed by atoms with Crippen molar-refractivity contribution in [1.82, 2.24) is 4.98 Å². The topological polar surface area (TPSA) is 147 Å². The van der Waals surface area contributed by atoms with Crippen LogP contribution in [0.3, 0.4) is 0 Å². The van der Waals surface area contributed by atoms with E-state index in [9.17, 15) is 19.7 Å². The predicted octanol–water partition coefficient (Wildman–Crippen LogP) is 3.63. The van der Waals surface area contributed by atoms with E-state index in [1.165, 1.54) is 17.4 Å². The zero-order valence-corrected chi connectivity index (χ0v) is 20.0. The molecule has 10 nitrogen and oxygen atoms in total. The fraction of sp³-hybridized carbons (Fsp3) is 0.240. The van der Waals surface area contributed by atoms with Gasteiger partial charge in [0, 0.05) is 24.4 Å². The number of esters is 1. The van der Waals surface area contributed by atoms with Crippen LogP contribution in [0.4, 0.5) is 5.00 Å². The van der Waals surface area contributed by atoms with Gasteiger partial charge in [0.1, 0.15) is 13.2 Å². The van der Waals surface area contributed by atoms with E-state index in [1.807, 2.05) is 42.5 Å². The molecule has 11 heteroatoms. The Bertz CT molecular complexity index is 1290. The molecule has 0 spiro atoms. The molecule has 186 valence electrons. The molecule has 3 N–H and O–H groups in total. The molecular weight excluding hydrogens is 484 g/mol. The van der Waals surface area contributed by atoms with E-state index >= 15 is 0 Å². The zero-order valence-electron chi connectivity index (χ0n) is 19.2. The van der Waals surface area contributed by atoms with Crippen LogP contribution in [0.5, 0.6) is 0 Å². The minimum absolute atomic E-state index is 0.0919. The first-order chi connectivity index (χ1) is 17.4. The van der Waals surface area contributed by atoms with Crippen LogP contribution in [0.1, 0.15) is 12.0 Å². The maximum atomic E-state index is 13.3. The number of nitrogens with one attached hydrogen (secondary N) is 1. The number of carbonyl (C=O) groups is 2. The first-order valence-corrected chi connectivity index (χ1v) is 11.9. The predicted molar refractivity (Wildman–Crippen MR) is 134 cm³/mol. The number of thiophene rings is 1. The molecular formula is C25H24N4O6S. The second-order valence-corrected chi connectivity index (χ2v) is 9.37. The van der Waals surface area contributed by atoms with Gasteiger partial charge < -0.3 is 20.6 Å². The molecule has 1 aromatic carbocycles. The van der Waals surface area contributed by atoms with Gasteiger partial charge in [-0.2, -0.15) is 0 Å². The Morgan fingerprint density at radius 1 is 1.28 bits per heavy atom. The summed E-state index contributed by atoms with van der Waals surface area (Å²) < 4.78 is 6.28. The number of amides is 1. The van der Waals surface area contributed by atoms with Gasteiger partial charge in [-0.25, -0.2) is 4.79 Å². The van der Waals surface area contributed by atoms with E-state index < -0.39 is 34.9 Å². The first kappa shape index (κ1) is 25.0. The molecule has 1 aliphatic rings. The smallest absolute Gasteiger partial charge is 0.338 e. The number of nitrogens with zero attached hydrogens (tertiary/aromatic N) is 2. The van der Waals surface area contributed by atoms with Gasteiger partial charge in [-0.1, -0.05) is 48.6 Å². The van der Waals surface area contributed by atoms with E-state index in [0.29, 0.717) is 5.00 Å². The highest BCUT2D eigenvalue weighted by Gasteiger charge is 2.42. The Kier molecular flexibility index (Phi) is 7.71. The van der Waals surface area contributed by atoms with Crippen LogP contribution in [-0.2, 0) is 25.8 Å². The van der Waals surface area contributed by atoms with Crippen molar-refractivity contribution in [3.63, 3.8) is 0 Å². The number of rotatable bonds is 10. The summed E-state index contributed by atoms with van der Waals surface area (Å²) in [7, 11) is 0. The first-order valence-electron chi connectivity index (χ1n) is 11.1. The Morgan fingerprint density at radius 3 is 2.75 bits per heavy atom. The second-order valence-electron chi connectivity index (χ2n) is 8.29. The molecule has 2 heterocycles. The Hall–Kier alpha value is -4.09. The lowest BCUT2D eigenvalue weighted by Gasteiger charge is -2.37. The average molecular weight is 509 g/mol. The fourth-order valence-electron chi connectivity index (χ4n) is 4.05. The van der Waals surface area contributed by atoms with Gasteiger partial charge in [0.25, 0.3) is 5.09 Å². The van der Waals surface area contributed by atoms with Crippen molar-refractivity contribution in [2.24, 2.45) is 17.1 Å². The molecule has 0 fully saturated rings. The summed E-state index contributed by atoms with van der Waals surface area (Å²) >= 11 is 1.36. The van der Waals surface area contributed by atoms with Gasteiger partial charge in [-0.05, 0) is 29.5 Å². The normalized spacial score (nSPS) is 17.8. The van der Waals surface area contributed by atoms with E-state index in [-0.39, 0.29) is 25.1 Å². The number of anilines is 1.